The summed E-state index contributed by atoms with van der Waals surface area (Å²) in [6.07, 6.45) is 1.70. The minimum Gasteiger partial charge on any atom is -0.507 e. The number of aliphatic hydroxyl groups is 1. The molecule has 4 aromatic rings. The van der Waals surface area contributed by atoms with Crippen molar-refractivity contribution in [1.29, 1.82) is 0 Å². The number of carbonyl (C=O) groups excluding carboxylic acids is 2. The molecule has 1 amide bonds. The Hall–Kier alpha value is -4.52. The number of benzene rings is 3. The number of nitrogens with one attached hydrogen (secondary N) is 1. The van der Waals surface area contributed by atoms with Crippen molar-refractivity contribution in [2.75, 3.05) is 18.6 Å². The van der Waals surface area contributed by atoms with Gasteiger partial charge in [-0.15, -0.1) is 0 Å². The standard InChI is InChI=1S/C30H26N2O5/c1-17-25(22-7-3-4-8-23(22)31-17)27-26(28(33)19-9-14-24-18(16-19)6-5-15-37-24)29(34)30(35)32(27)20-10-12-21(36-2)13-11-20/h3-4,7-14,16,27,31,33H,5-6,15H2,1-2H3/b28-26+. The largest absolute Gasteiger partial charge is 0.507 e. The molecule has 7 nitrogen and oxygen atoms in total. The molecule has 6 rings (SSSR count). The maximum absolute atomic E-state index is 13.6. The van der Waals surface area contributed by atoms with E-state index in [0.717, 1.165) is 46.3 Å². The lowest BCUT2D eigenvalue weighted by atomic mass is 9.92. The average Bonchev–Trinajstić information content (AvgIpc) is 3.39. The zero-order chi connectivity index (χ0) is 25.7. The summed E-state index contributed by atoms with van der Waals surface area (Å²) in [7, 11) is 1.57. The molecule has 0 radical (unpaired) electrons. The molecular weight excluding hydrogens is 468 g/mol. The lowest BCUT2D eigenvalue weighted by Gasteiger charge is -2.26. The maximum atomic E-state index is 13.6. The lowest BCUT2D eigenvalue weighted by molar-refractivity contribution is -0.132. The number of hydrogen-bond acceptors (Lipinski definition) is 5. The van der Waals surface area contributed by atoms with Gasteiger partial charge in [0.15, 0.2) is 0 Å². The topological polar surface area (TPSA) is 91.9 Å². The highest BCUT2D eigenvalue weighted by molar-refractivity contribution is 6.52. The summed E-state index contributed by atoms with van der Waals surface area (Å²) in [6.45, 7) is 2.57. The fraction of sp³-hybridized carbons (Fsp3) is 0.200. The van der Waals surface area contributed by atoms with Gasteiger partial charge in [0.1, 0.15) is 17.3 Å². The number of rotatable bonds is 4. The molecule has 37 heavy (non-hydrogen) atoms. The van der Waals surface area contributed by atoms with E-state index in [9.17, 15) is 14.7 Å². The summed E-state index contributed by atoms with van der Waals surface area (Å²) in [5.74, 6) is -0.195. The number of methoxy groups -OCH3 is 1. The van der Waals surface area contributed by atoms with Crippen molar-refractivity contribution < 1.29 is 24.2 Å². The summed E-state index contributed by atoms with van der Waals surface area (Å²) in [5.41, 5.74) is 4.53. The van der Waals surface area contributed by atoms with Crippen molar-refractivity contribution in [2.24, 2.45) is 0 Å². The first-order valence-corrected chi connectivity index (χ1v) is 12.3. The smallest absolute Gasteiger partial charge is 0.300 e. The number of hydrogen-bond donors (Lipinski definition) is 2. The molecule has 7 heteroatoms. The van der Waals surface area contributed by atoms with Gasteiger partial charge in [-0.2, -0.15) is 0 Å². The Kier molecular flexibility index (Phi) is 5.48. The molecule has 0 saturated carbocycles. The van der Waals surface area contributed by atoms with Crippen molar-refractivity contribution in [3.63, 3.8) is 0 Å². The maximum Gasteiger partial charge on any atom is 0.300 e. The highest BCUT2D eigenvalue weighted by Gasteiger charge is 2.48. The van der Waals surface area contributed by atoms with Gasteiger partial charge >= 0.3 is 0 Å². The van der Waals surface area contributed by atoms with Crippen LogP contribution in [0, 0.1) is 6.92 Å². The average molecular weight is 495 g/mol. The Balaban J connectivity index is 1.59. The third kappa shape index (κ3) is 3.66. The van der Waals surface area contributed by atoms with Gasteiger partial charge in [0.05, 0.1) is 25.3 Å². The molecule has 1 atom stereocenters. The number of anilines is 1. The van der Waals surface area contributed by atoms with Crippen LogP contribution < -0.4 is 14.4 Å². The molecule has 1 fully saturated rings. The first kappa shape index (κ1) is 22.9. The number of carbonyl (C=O) groups is 2. The number of nitrogens with zero attached hydrogens (tertiary/aromatic N) is 1. The Morgan fingerprint density at radius 2 is 1.86 bits per heavy atom. The van der Waals surface area contributed by atoms with Gasteiger partial charge in [-0.1, -0.05) is 18.2 Å². The molecular formula is C30H26N2O5. The molecule has 1 aromatic heterocycles. The molecule has 1 saturated heterocycles. The van der Waals surface area contributed by atoms with Crippen LogP contribution in [0.4, 0.5) is 5.69 Å². The highest BCUT2D eigenvalue weighted by Crippen LogP contribution is 2.46. The van der Waals surface area contributed by atoms with Gasteiger partial charge in [-0.05, 0) is 73.9 Å². The number of H-pyrrole nitrogens is 1. The van der Waals surface area contributed by atoms with E-state index in [4.69, 9.17) is 9.47 Å². The van der Waals surface area contributed by atoms with E-state index in [-0.39, 0.29) is 11.3 Å². The molecule has 2 N–H and O–H groups in total. The van der Waals surface area contributed by atoms with E-state index >= 15 is 0 Å². The number of aromatic amines is 1. The van der Waals surface area contributed by atoms with Gasteiger partial charge in [0, 0.05) is 33.4 Å². The fourth-order valence-corrected chi connectivity index (χ4v) is 5.43. The second kappa shape index (κ2) is 8.85. The number of fused-ring (bicyclic) bond motifs is 2. The third-order valence-electron chi connectivity index (χ3n) is 7.19. The van der Waals surface area contributed by atoms with Crippen LogP contribution in [0.2, 0.25) is 0 Å². The zero-order valence-corrected chi connectivity index (χ0v) is 20.6. The Bertz CT molecular complexity index is 1580. The molecule has 0 bridgehead atoms. The molecule has 3 heterocycles. The Labute approximate surface area is 213 Å². The Morgan fingerprint density at radius 1 is 1.08 bits per heavy atom. The van der Waals surface area contributed by atoms with E-state index in [0.29, 0.717) is 23.6 Å². The van der Waals surface area contributed by atoms with E-state index in [1.165, 1.54) is 4.90 Å². The predicted molar refractivity (Wildman–Crippen MR) is 141 cm³/mol. The lowest BCUT2D eigenvalue weighted by Crippen LogP contribution is -2.29. The number of aromatic nitrogens is 1. The first-order valence-electron chi connectivity index (χ1n) is 12.3. The van der Waals surface area contributed by atoms with E-state index in [1.54, 1.807) is 37.4 Å². The summed E-state index contributed by atoms with van der Waals surface area (Å²) in [5, 5.41) is 12.5. The molecule has 2 aliphatic heterocycles. The summed E-state index contributed by atoms with van der Waals surface area (Å²) >= 11 is 0. The highest BCUT2D eigenvalue weighted by atomic mass is 16.5. The van der Waals surface area contributed by atoms with Gasteiger partial charge in [-0.25, -0.2) is 0 Å². The zero-order valence-electron chi connectivity index (χ0n) is 20.6. The SMILES string of the molecule is COc1ccc(N2C(=O)C(=O)/C(=C(/O)c3ccc4c(c3)CCCO4)C2c2c(C)[nH]c3ccccc23)cc1. The number of amides is 1. The van der Waals surface area contributed by atoms with E-state index in [1.807, 2.05) is 43.3 Å². The van der Waals surface area contributed by atoms with Crippen LogP contribution in [0.3, 0.4) is 0 Å². The van der Waals surface area contributed by atoms with Gasteiger partial charge in [0.2, 0.25) is 0 Å². The van der Waals surface area contributed by atoms with E-state index < -0.39 is 17.7 Å². The molecule has 0 aliphatic carbocycles. The van der Waals surface area contributed by atoms with Crippen LogP contribution >= 0.6 is 0 Å². The number of para-hydroxylation sites is 1. The second-order valence-electron chi connectivity index (χ2n) is 9.35. The number of ketones is 1. The minimum absolute atomic E-state index is 0.0605. The summed E-state index contributed by atoms with van der Waals surface area (Å²) in [4.78, 5) is 32.0. The van der Waals surface area contributed by atoms with Crippen LogP contribution in [0.25, 0.3) is 16.7 Å². The van der Waals surface area contributed by atoms with Gasteiger partial charge < -0.3 is 19.6 Å². The van der Waals surface area contributed by atoms with Crippen molar-refractivity contribution in [2.45, 2.75) is 25.8 Å². The minimum atomic E-state index is -0.822. The predicted octanol–water partition coefficient (Wildman–Crippen LogP) is 5.44. The molecule has 0 spiro atoms. The van der Waals surface area contributed by atoms with Crippen LogP contribution in [-0.2, 0) is 16.0 Å². The third-order valence-corrected chi connectivity index (χ3v) is 7.19. The normalized spacial score (nSPS) is 18.6. The number of ether oxygens (including phenoxy) is 2. The van der Waals surface area contributed by atoms with Crippen molar-refractivity contribution in [1.82, 2.24) is 4.98 Å². The molecule has 2 aliphatic rings. The van der Waals surface area contributed by atoms with Gasteiger partial charge in [0.25, 0.3) is 11.7 Å². The van der Waals surface area contributed by atoms with Crippen LogP contribution in [0.15, 0.2) is 72.3 Å². The van der Waals surface area contributed by atoms with Crippen LogP contribution in [0.5, 0.6) is 11.5 Å². The quantitative estimate of drug-likeness (QED) is 0.224. The first-order chi connectivity index (χ1) is 18.0. The molecule has 1 unspecified atom stereocenters. The van der Waals surface area contributed by atoms with Crippen molar-refractivity contribution in [3.8, 4) is 11.5 Å². The van der Waals surface area contributed by atoms with Crippen LogP contribution in [0.1, 0.15) is 34.8 Å². The van der Waals surface area contributed by atoms with Gasteiger partial charge in [-0.3, -0.25) is 14.5 Å². The second-order valence-corrected chi connectivity index (χ2v) is 9.35. The summed E-state index contributed by atoms with van der Waals surface area (Å²) in [6, 6.07) is 19.3. The van der Waals surface area contributed by atoms with Crippen molar-refractivity contribution in [3.05, 3.63) is 94.7 Å². The molecule has 3 aromatic carbocycles. The Morgan fingerprint density at radius 3 is 2.65 bits per heavy atom. The number of aliphatic hydroxyl groups excluding tert-OH is 1. The fourth-order valence-electron chi connectivity index (χ4n) is 5.43. The number of Topliss-reactive ketones (excluding diaryl/α,β-unsaturated/α-hetero) is 1. The number of aryl methyl sites for hydroxylation is 2. The summed E-state index contributed by atoms with van der Waals surface area (Å²) < 4.78 is 11.0. The van der Waals surface area contributed by atoms with E-state index in [2.05, 4.69) is 4.98 Å². The van der Waals surface area contributed by atoms with Crippen molar-refractivity contribution >= 4 is 34.0 Å². The molecule has 186 valence electrons. The van der Waals surface area contributed by atoms with Crippen LogP contribution in [-0.4, -0.2) is 35.5 Å². The monoisotopic (exact) mass is 494 g/mol.